The first-order chi connectivity index (χ1) is 11.7. The molecule has 2 rings (SSSR count). The topological polar surface area (TPSA) is 73.1 Å². The fraction of sp³-hybridized carbons (Fsp3) is 0.647. The smallest absolute Gasteiger partial charge is 0.219 e. The van der Waals surface area contributed by atoms with Crippen LogP contribution in [0.4, 0.5) is 0 Å². The highest BCUT2D eigenvalue weighted by molar-refractivity contribution is 14.0. The van der Waals surface area contributed by atoms with E-state index < -0.39 is 0 Å². The second kappa shape index (κ2) is 12.1. The van der Waals surface area contributed by atoms with Gasteiger partial charge in [0.25, 0.3) is 0 Å². The minimum Gasteiger partial charge on any atom is -0.469 e. The molecule has 0 radical (unpaired) electrons. The quantitative estimate of drug-likeness (QED) is 0.361. The first-order valence-electron chi connectivity index (χ1n) is 8.71. The Kier molecular flexibility index (Phi) is 10.6. The average molecular weight is 463 g/mol. The molecule has 2 heterocycles. The molecular weight excluding hydrogens is 433 g/mol. The molecule has 8 heteroatoms. The molecule has 0 spiro atoms. The third kappa shape index (κ3) is 8.08. The van der Waals surface area contributed by atoms with Crippen molar-refractivity contribution in [3.8, 4) is 0 Å². The second-order valence-electron chi connectivity index (χ2n) is 5.86. The van der Waals surface area contributed by atoms with Crippen molar-refractivity contribution >= 4 is 35.8 Å². The monoisotopic (exact) mass is 463 g/mol. The van der Waals surface area contributed by atoms with E-state index in [9.17, 15) is 4.79 Å². The Labute approximate surface area is 167 Å². The van der Waals surface area contributed by atoms with E-state index >= 15 is 0 Å². The Balaban J connectivity index is 0.00000312. The van der Waals surface area contributed by atoms with Crippen molar-refractivity contribution in [1.82, 2.24) is 20.4 Å². The summed E-state index contributed by atoms with van der Waals surface area (Å²) in [5.74, 6) is 1.98. The predicted molar refractivity (Wildman–Crippen MR) is 111 cm³/mol. The largest absolute Gasteiger partial charge is 0.469 e. The molecule has 1 aromatic heterocycles. The maximum atomic E-state index is 11.3. The van der Waals surface area contributed by atoms with Gasteiger partial charge in [-0.05, 0) is 19.1 Å². The number of hydrogen-bond donors (Lipinski definition) is 2. The summed E-state index contributed by atoms with van der Waals surface area (Å²) in [6, 6.07) is 3.88. The fourth-order valence-corrected chi connectivity index (χ4v) is 2.69. The molecule has 25 heavy (non-hydrogen) atoms. The molecule has 1 aliphatic heterocycles. The molecule has 0 aliphatic carbocycles. The van der Waals surface area contributed by atoms with Gasteiger partial charge < -0.3 is 20.0 Å². The number of piperazine rings is 1. The van der Waals surface area contributed by atoms with Gasteiger partial charge in [-0.1, -0.05) is 0 Å². The van der Waals surface area contributed by atoms with Gasteiger partial charge >= 0.3 is 0 Å². The minimum absolute atomic E-state index is 0. The van der Waals surface area contributed by atoms with E-state index in [1.165, 1.54) is 0 Å². The molecule has 7 nitrogen and oxygen atoms in total. The molecule has 142 valence electrons. The van der Waals surface area contributed by atoms with Crippen LogP contribution in [0.5, 0.6) is 0 Å². The van der Waals surface area contributed by atoms with Crippen molar-refractivity contribution in [3.63, 3.8) is 0 Å². The molecule has 0 aromatic carbocycles. The fourth-order valence-electron chi connectivity index (χ4n) is 2.69. The average Bonchev–Trinajstić information content (AvgIpc) is 3.09. The van der Waals surface area contributed by atoms with Crippen LogP contribution in [0.1, 0.15) is 19.6 Å². The predicted octanol–water partition coefficient (Wildman–Crippen LogP) is 1.16. The zero-order chi connectivity index (χ0) is 17.2. The number of rotatable bonds is 7. The Morgan fingerprint density at radius 2 is 2.04 bits per heavy atom. The number of furan rings is 1. The summed E-state index contributed by atoms with van der Waals surface area (Å²) < 4.78 is 5.33. The molecule has 2 N–H and O–H groups in total. The Hall–Kier alpha value is -1.29. The Morgan fingerprint density at radius 3 is 2.64 bits per heavy atom. The van der Waals surface area contributed by atoms with E-state index in [1.807, 2.05) is 17.0 Å². The number of halogens is 1. The summed E-state index contributed by atoms with van der Waals surface area (Å²) in [5.41, 5.74) is 0. The summed E-state index contributed by atoms with van der Waals surface area (Å²) in [7, 11) is 0. The van der Waals surface area contributed by atoms with Crippen LogP contribution in [0.25, 0.3) is 0 Å². The van der Waals surface area contributed by atoms with Crippen LogP contribution in [0.15, 0.2) is 27.8 Å². The number of nitrogens with one attached hydrogen (secondary N) is 2. The molecule has 0 unspecified atom stereocenters. The number of carbonyl (C=O) groups excluding carboxylic acids is 1. The standard InChI is InChI=1S/C17H29N5O2.HI/c1-3-18-17(19-7-6-16-5-4-14-24-16)20-8-9-21-10-12-22(13-11-21)15(2)23;/h4-5,14H,3,6-13H2,1-2H3,(H2,18,19,20);1H. The van der Waals surface area contributed by atoms with Gasteiger partial charge in [0.1, 0.15) is 5.76 Å². The Bertz CT molecular complexity index is 513. The summed E-state index contributed by atoms with van der Waals surface area (Å²) in [6.07, 6.45) is 2.53. The lowest BCUT2D eigenvalue weighted by Crippen LogP contribution is -2.48. The van der Waals surface area contributed by atoms with Crippen LogP contribution >= 0.6 is 24.0 Å². The van der Waals surface area contributed by atoms with E-state index in [-0.39, 0.29) is 29.9 Å². The van der Waals surface area contributed by atoms with Gasteiger partial charge in [-0.25, -0.2) is 0 Å². The third-order valence-corrected chi connectivity index (χ3v) is 4.09. The zero-order valence-electron chi connectivity index (χ0n) is 15.2. The molecule has 1 fully saturated rings. The minimum atomic E-state index is 0. The van der Waals surface area contributed by atoms with Crippen molar-refractivity contribution < 1.29 is 9.21 Å². The third-order valence-electron chi connectivity index (χ3n) is 4.09. The highest BCUT2D eigenvalue weighted by Gasteiger charge is 2.17. The van der Waals surface area contributed by atoms with Crippen LogP contribution in [-0.2, 0) is 11.2 Å². The number of carbonyl (C=O) groups is 1. The van der Waals surface area contributed by atoms with Gasteiger partial charge in [0, 0.05) is 59.2 Å². The van der Waals surface area contributed by atoms with Crippen LogP contribution in [0, 0.1) is 0 Å². The number of amides is 1. The zero-order valence-corrected chi connectivity index (χ0v) is 17.5. The number of guanidine groups is 1. The lowest BCUT2D eigenvalue weighted by molar-refractivity contribution is -0.130. The lowest BCUT2D eigenvalue weighted by atomic mass is 10.3. The van der Waals surface area contributed by atoms with Gasteiger partial charge in [0.15, 0.2) is 5.96 Å². The van der Waals surface area contributed by atoms with Gasteiger partial charge in [-0.15, -0.1) is 24.0 Å². The summed E-state index contributed by atoms with van der Waals surface area (Å²) >= 11 is 0. The van der Waals surface area contributed by atoms with E-state index in [1.54, 1.807) is 13.2 Å². The van der Waals surface area contributed by atoms with Crippen molar-refractivity contribution in [3.05, 3.63) is 24.2 Å². The molecule has 1 amide bonds. The molecule has 0 bridgehead atoms. The molecule has 1 aromatic rings. The summed E-state index contributed by atoms with van der Waals surface area (Å²) in [5, 5.41) is 6.59. The van der Waals surface area contributed by atoms with E-state index in [4.69, 9.17) is 4.42 Å². The van der Waals surface area contributed by atoms with Gasteiger partial charge in [-0.3, -0.25) is 14.7 Å². The molecule has 0 saturated carbocycles. The van der Waals surface area contributed by atoms with Crippen LogP contribution < -0.4 is 10.6 Å². The maximum absolute atomic E-state index is 11.3. The Morgan fingerprint density at radius 1 is 1.28 bits per heavy atom. The van der Waals surface area contributed by atoms with E-state index in [2.05, 4.69) is 27.4 Å². The molecular formula is C17H30IN5O2. The first-order valence-corrected chi connectivity index (χ1v) is 8.71. The summed E-state index contributed by atoms with van der Waals surface area (Å²) in [6.45, 7) is 10.5. The number of nitrogens with zero attached hydrogens (tertiary/aromatic N) is 3. The second-order valence-corrected chi connectivity index (χ2v) is 5.86. The van der Waals surface area contributed by atoms with Crippen molar-refractivity contribution in [2.24, 2.45) is 4.99 Å². The normalized spacial score (nSPS) is 15.6. The number of hydrogen-bond acceptors (Lipinski definition) is 4. The number of aliphatic imine (C=N–C) groups is 1. The van der Waals surface area contributed by atoms with Crippen molar-refractivity contribution in [1.29, 1.82) is 0 Å². The first kappa shape index (κ1) is 21.8. The van der Waals surface area contributed by atoms with E-state index in [0.29, 0.717) is 0 Å². The van der Waals surface area contributed by atoms with Crippen LogP contribution in [0.3, 0.4) is 0 Å². The van der Waals surface area contributed by atoms with E-state index in [0.717, 1.165) is 70.5 Å². The molecule has 1 aliphatic rings. The van der Waals surface area contributed by atoms with Crippen LogP contribution in [0.2, 0.25) is 0 Å². The van der Waals surface area contributed by atoms with Crippen molar-refractivity contribution in [2.45, 2.75) is 20.3 Å². The van der Waals surface area contributed by atoms with Crippen molar-refractivity contribution in [2.75, 3.05) is 52.4 Å². The molecule has 0 atom stereocenters. The van der Waals surface area contributed by atoms with Gasteiger partial charge in [0.05, 0.1) is 12.8 Å². The van der Waals surface area contributed by atoms with Gasteiger partial charge in [-0.2, -0.15) is 0 Å². The lowest BCUT2D eigenvalue weighted by Gasteiger charge is -2.33. The summed E-state index contributed by atoms with van der Waals surface area (Å²) in [4.78, 5) is 20.2. The SMILES string of the molecule is CCNC(=NCCN1CCN(C(C)=O)CC1)NCCc1ccco1.I. The maximum Gasteiger partial charge on any atom is 0.219 e. The molecule has 1 saturated heterocycles. The highest BCUT2D eigenvalue weighted by atomic mass is 127. The van der Waals surface area contributed by atoms with Crippen LogP contribution in [-0.4, -0.2) is 74.0 Å². The van der Waals surface area contributed by atoms with Gasteiger partial charge in [0.2, 0.25) is 5.91 Å². The highest BCUT2D eigenvalue weighted by Crippen LogP contribution is 2.01.